The summed E-state index contributed by atoms with van der Waals surface area (Å²) in [4.78, 5) is 0. The van der Waals surface area contributed by atoms with Gasteiger partial charge in [-0.3, -0.25) is 0 Å². The Hall–Kier alpha value is 0.675. The van der Waals surface area contributed by atoms with E-state index in [1.54, 1.807) is 0 Å². The molecule has 1 atom stereocenters. The van der Waals surface area contributed by atoms with Gasteiger partial charge in [0.2, 0.25) is 0 Å². The first-order valence-electron chi connectivity index (χ1n) is 13.9. The topological polar surface area (TPSA) is 64.6 Å². The fourth-order valence-electron chi connectivity index (χ4n) is 6.47. The van der Waals surface area contributed by atoms with Crippen molar-refractivity contribution in [3.8, 4) is 0 Å². The van der Waals surface area contributed by atoms with Gasteiger partial charge in [-0.1, -0.05) is 54.2 Å². The summed E-state index contributed by atoms with van der Waals surface area (Å²) < 4.78 is 46.7. The Bertz CT molecular complexity index is 938. The molecule has 0 aromatic heterocycles. The second kappa shape index (κ2) is 11.1. The summed E-state index contributed by atoms with van der Waals surface area (Å²) in [7, 11) is -18.3. The largest absolute Gasteiger partial charge is 0.416 e. The van der Waals surface area contributed by atoms with Gasteiger partial charge in [-0.05, 0) is 90.7 Å². The minimum Gasteiger partial charge on any atom is -0.416 e. The van der Waals surface area contributed by atoms with E-state index in [9.17, 15) is 0 Å². The average Bonchev–Trinajstić information content (AvgIpc) is 2.65. The Morgan fingerprint density at radius 3 is 1.08 bits per heavy atom. The van der Waals surface area contributed by atoms with E-state index >= 15 is 0 Å². The van der Waals surface area contributed by atoms with Crippen LogP contribution >= 0.6 is 0 Å². The van der Waals surface area contributed by atoms with E-state index in [0.29, 0.717) is 0 Å². The molecule has 2 aliphatic heterocycles. The molecule has 1 aromatic carbocycles. The lowest BCUT2D eigenvalue weighted by molar-refractivity contribution is 0.232. The molecule has 0 radical (unpaired) electrons. The molecular weight excluding hydrogens is 613 g/mol. The standard InChI is InChI=1S/C23H52O7Si8/c1-31(2)24-32(3,4)27-37(12,28-33(5,6)25-31)21-19-36(11,23-17-15-14-16-18-23)20-22-38(13)29-34(7,8)26-35(9,10)30-38/h14-18H,19-22H2,1-13H3. The predicted octanol–water partition coefficient (Wildman–Crippen LogP) is 6.77. The van der Waals surface area contributed by atoms with Gasteiger partial charge in [0.15, 0.2) is 0 Å². The molecule has 2 heterocycles. The quantitative estimate of drug-likeness (QED) is 0.298. The van der Waals surface area contributed by atoms with Crippen molar-refractivity contribution in [3.63, 3.8) is 0 Å². The van der Waals surface area contributed by atoms with Crippen LogP contribution in [0.5, 0.6) is 0 Å². The molecule has 218 valence electrons. The SMILES string of the molecule is C[Si]1(C)O[Si](C)(C)O[Si](C)(CC[Si](C)(CC[Si]2(C)O[Si](C)(C)O[Si](C)(C)O2)c2ccccc2)O[Si](C)(C)O1. The van der Waals surface area contributed by atoms with Gasteiger partial charge < -0.3 is 28.8 Å². The lowest BCUT2D eigenvalue weighted by atomic mass is 10.4. The molecule has 1 unspecified atom stereocenters. The number of benzene rings is 1. The molecule has 0 aliphatic carbocycles. The van der Waals surface area contributed by atoms with E-state index in [1.165, 1.54) is 5.19 Å². The van der Waals surface area contributed by atoms with Crippen molar-refractivity contribution in [2.75, 3.05) is 0 Å². The van der Waals surface area contributed by atoms with Crippen molar-refractivity contribution in [3.05, 3.63) is 30.3 Å². The second-order valence-corrected chi connectivity index (χ2v) is 43.9. The lowest BCUT2D eigenvalue weighted by Crippen LogP contribution is -2.66. The molecule has 2 aliphatic rings. The first-order chi connectivity index (χ1) is 17.0. The van der Waals surface area contributed by atoms with Crippen LogP contribution in [0.4, 0.5) is 0 Å². The summed E-state index contributed by atoms with van der Waals surface area (Å²) in [5.41, 5.74) is 0. The highest BCUT2D eigenvalue weighted by Crippen LogP contribution is 2.38. The highest BCUT2D eigenvalue weighted by Gasteiger charge is 2.55. The zero-order valence-corrected chi connectivity index (χ0v) is 34.1. The van der Waals surface area contributed by atoms with Crippen LogP contribution in [0.2, 0.25) is 109 Å². The summed E-state index contributed by atoms with van der Waals surface area (Å²) in [5.74, 6) is 0. The molecule has 0 spiro atoms. The van der Waals surface area contributed by atoms with Crippen molar-refractivity contribution >= 4 is 73.2 Å². The highest BCUT2D eigenvalue weighted by atomic mass is 28.5. The molecule has 3 rings (SSSR count). The van der Waals surface area contributed by atoms with Crippen molar-refractivity contribution < 1.29 is 28.8 Å². The molecule has 2 saturated heterocycles. The minimum absolute atomic E-state index is 0.940. The molecule has 0 N–H and O–H groups in total. The van der Waals surface area contributed by atoms with Gasteiger partial charge in [0.05, 0.1) is 8.07 Å². The van der Waals surface area contributed by atoms with Crippen LogP contribution in [0.3, 0.4) is 0 Å². The Morgan fingerprint density at radius 1 is 0.474 bits per heavy atom. The van der Waals surface area contributed by atoms with Crippen LogP contribution in [-0.2, 0) is 28.8 Å². The minimum atomic E-state index is -2.56. The van der Waals surface area contributed by atoms with Gasteiger partial charge in [0.25, 0.3) is 0 Å². The molecule has 0 bridgehead atoms. The molecule has 7 nitrogen and oxygen atoms in total. The number of hydrogen-bond acceptors (Lipinski definition) is 7. The number of rotatable bonds is 7. The molecule has 2 fully saturated rings. The summed E-state index contributed by atoms with van der Waals surface area (Å²) in [6, 6.07) is 15.3. The van der Waals surface area contributed by atoms with Gasteiger partial charge in [-0.2, -0.15) is 0 Å². The van der Waals surface area contributed by atoms with Crippen LogP contribution in [-0.4, -0.2) is 68.0 Å². The Labute approximate surface area is 240 Å². The Balaban J connectivity index is 1.85. The first-order valence-corrected chi connectivity index (χ1v) is 36.0. The third-order valence-electron chi connectivity index (χ3n) is 7.05. The van der Waals surface area contributed by atoms with E-state index in [4.69, 9.17) is 28.8 Å². The molecular formula is C23H52O7Si8. The van der Waals surface area contributed by atoms with Crippen molar-refractivity contribution in [2.24, 2.45) is 0 Å². The number of hydrogen-bond donors (Lipinski definition) is 0. The third-order valence-corrected chi connectivity index (χ3v) is 41.4. The van der Waals surface area contributed by atoms with Crippen molar-refractivity contribution in [1.82, 2.24) is 0 Å². The maximum Gasteiger partial charge on any atom is 0.317 e. The van der Waals surface area contributed by atoms with Crippen LogP contribution in [0.25, 0.3) is 0 Å². The van der Waals surface area contributed by atoms with Gasteiger partial charge in [0, 0.05) is 0 Å². The van der Waals surface area contributed by atoms with Gasteiger partial charge in [-0.25, -0.2) is 0 Å². The smallest absolute Gasteiger partial charge is 0.317 e. The maximum atomic E-state index is 6.94. The second-order valence-electron chi connectivity index (χ2n) is 13.9. The van der Waals surface area contributed by atoms with E-state index in [0.717, 1.165) is 24.2 Å². The molecule has 15 heteroatoms. The van der Waals surface area contributed by atoms with Crippen LogP contribution in [0, 0.1) is 0 Å². The average molecular weight is 665 g/mol. The maximum absolute atomic E-state index is 6.94. The van der Waals surface area contributed by atoms with E-state index < -0.39 is 68.0 Å². The third kappa shape index (κ3) is 9.34. The van der Waals surface area contributed by atoms with E-state index in [1.807, 2.05) is 0 Å². The van der Waals surface area contributed by atoms with Gasteiger partial charge in [-0.15, -0.1) is 0 Å². The molecule has 0 amide bonds. The van der Waals surface area contributed by atoms with Gasteiger partial charge in [0.1, 0.15) is 0 Å². The van der Waals surface area contributed by atoms with Crippen LogP contribution < -0.4 is 5.19 Å². The predicted molar refractivity (Wildman–Crippen MR) is 175 cm³/mol. The lowest BCUT2D eigenvalue weighted by Gasteiger charge is -2.49. The molecule has 0 saturated carbocycles. The summed E-state index contributed by atoms with van der Waals surface area (Å²) in [6.45, 7) is 28.5. The summed E-state index contributed by atoms with van der Waals surface area (Å²) >= 11 is 0. The van der Waals surface area contributed by atoms with Crippen LogP contribution in [0.15, 0.2) is 30.3 Å². The molecule has 38 heavy (non-hydrogen) atoms. The van der Waals surface area contributed by atoms with Gasteiger partial charge >= 0.3 is 59.9 Å². The highest BCUT2D eigenvalue weighted by molar-refractivity contribution is 6.97. The normalized spacial score (nSPS) is 28.4. The zero-order chi connectivity index (χ0) is 28.9. The summed E-state index contributed by atoms with van der Waals surface area (Å²) in [6.07, 6.45) is 0. The first kappa shape index (κ1) is 33.2. The van der Waals surface area contributed by atoms with Crippen molar-refractivity contribution in [2.45, 2.75) is 109 Å². The summed E-state index contributed by atoms with van der Waals surface area (Å²) in [5, 5.41) is 1.48. The van der Waals surface area contributed by atoms with E-state index in [2.05, 4.69) is 115 Å². The fourth-order valence-corrected chi connectivity index (χ4v) is 52.6. The molecule has 1 aromatic rings. The van der Waals surface area contributed by atoms with Crippen molar-refractivity contribution in [1.29, 1.82) is 0 Å². The Kier molecular flexibility index (Phi) is 9.66. The van der Waals surface area contributed by atoms with E-state index in [-0.39, 0.29) is 0 Å². The zero-order valence-electron chi connectivity index (χ0n) is 26.1. The Morgan fingerprint density at radius 2 is 0.763 bits per heavy atom. The monoisotopic (exact) mass is 664 g/mol. The fraction of sp³-hybridized carbons (Fsp3) is 0.739. The van der Waals surface area contributed by atoms with Crippen LogP contribution in [0.1, 0.15) is 0 Å².